The number of carboxylic acids is 1. The maximum atomic E-state index is 10.8. The first-order chi connectivity index (χ1) is 7.52. The average molecular weight is 238 g/mol. The minimum atomic E-state index is -0.829. The molecule has 0 spiro atoms. The van der Waals surface area contributed by atoms with Gasteiger partial charge in [-0.2, -0.15) is 0 Å². The van der Waals surface area contributed by atoms with Gasteiger partial charge in [-0.05, 0) is 18.6 Å². The first-order valence-electron chi connectivity index (χ1n) is 4.96. The molecule has 2 rings (SSSR count). The van der Waals surface area contributed by atoms with E-state index in [-0.39, 0.29) is 6.42 Å². The van der Waals surface area contributed by atoms with Crippen LogP contribution in [-0.4, -0.2) is 15.6 Å². The van der Waals surface area contributed by atoms with Crippen LogP contribution in [0.25, 0.3) is 10.9 Å². The Kier molecular flexibility index (Phi) is 2.64. The third kappa shape index (κ3) is 1.57. The summed E-state index contributed by atoms with van der Waals surface area (Å²) in [6.45, 7) is 1.93. The van der Waals surface area contributed by atoms with Crippen molar-refractivity contribution < 1.29 is 9.90 Å². The van der Waals surface area contributed by atoms with Crippen LogP contribution in [0.5, 0.6) is 0 Å². The largest absolute Gasteiger partial charge is 0.481 e. The number of benzene rings is 1. The van der Waals surface area contributed by atoms with E-state index in [1.807, 2.05) is 36.7 Å². The number of carbonyl (C=O) groups is 1. The first kappa shape index (κ1) is 11.0. The number of fused-ring (bicyclic) bond motifs is 1. The van der Waals surface area contributed by atoms with Crippen molar-refractivity contribution in [3.63, 3.8) is 0 Å². The van der Waals surface area contributed by atoms with Crippen molar-refractivity contribution in [1.29, 1.82) is 0 Å². The Hall–Kier alpha value is -1.48. The minimum Gasteiger partial charge on any atom is -0.481 e. The van der Waals surface area contributed by atoms with E-state index in [0.717, 1.165) is 22.2 Å². The lowest BCUT2D eigenvalue weighted by molar-refractivity contribution is -0.136. The van der Waals surface area contributed by atoms with Gasteiger partial charge >= 0.3 is 5.97 Å². The molecule has 0 unspecified atom stereocenters. The molecule has 84 valence electrons. The maximum Gasteiger partial charge on any atom is 0.309 e. The van der Waals surface area contributed by atoms with E-state index in [1.54, 1.807) is 0 Å². The number of halogens is 1. The summed E-state index contributed by atoms with van der Waals surface area (Å²) in [6.07, 6.45) is 0.0212. The van der Waals surface area contributed by atoms with Crippen LogP contribution in [0.3, 0.4) is 0 Å². The topological polar surface area (TPSA) is 42.2 Å². The number of aryl methyl sites for hydroxylation is 2. The van der Waals surface area contributed by atoms with Crippen molar-refractivity contribution in [1.82, 2.24) is 4.57 Å². The summed E-state index contributed by atoms with van der Waals surface area (Å²) < 4.78 is 1.86. The lowest BCUT2D eigenvalue weighted by atomic mass is 10.1. The highest BCUT2D eigenvalue weighted by molar-refractivity contribution is 6.35. The molecule has 0 saturated carbocycles. The van der Waals surface area contributed by atoms with Gasteiger partial charge in [-0.3, -0.25) is 4.79 Å². The summed E-state index contributed by atoms with van der Waals surface area (Å²) in [5.41, 5.74) is 2.69. The summed E-state index contributed by atoms with van der Waals surface area (Å²) >= 11 is 6.12. The zero-order chi connectivity index (χ0) is 11.9. The Morgan fingerprint density at radius 2 is 2.19 bits per heavy atom. The zero-order valence-electron chi connectivity index (χ0n) is 9.12. The Labute approximate surface area is 98.3 Å². The van der Waals surface area contributed by atoms with E-state index >= 15 is 0 Å². The Morgan fingerprint density at radius 3 is 2.75 bits per heavy atom. The molecule has 0 aliphatic carbocycles. The molecule has 0 aliphatic rings. The van der Waals surface area contributed by atoms with Crippen LogP contribution in [0, 0.1) is 6.92 Å². The molecular weight excluding hydrogens is 226 g/mol. The van der Waals surface area contributed by atoms with E-state index < -0.39 is 5.97 Å². The molecule has 4 heteroatoms. The third-order valence-electron chi connectivity index (χ3n) is 2.88. The SMILES string of the molecule is Cc1c(CC(=O)O)n(C)c2c(Cl)cccc12. The fraction of sp³-hybridized carbons (Fsp3) is 0.250. The van der Waals surface area contributed by atoms with Gasteiger partial charge in [0.15, 0.2) is 0 Å². The lowest BCUT2D eigenvalue weighted by Crippen LogP contribution is -2.06. The van der Waals surface area contributed by atoms with E-state index in [9.17, 15) is 4.79 Å². The average Bonchev–Trinajstić information content (AvgIpc) is 2.44. The molecule has 0 aliphatic heterocycles. The number of rotatable bonds is 2. The Balaban J connectivity index is 2.77. The van der Waals surface area contributed by atoms with Crippen molar-refractivity contribution in [2.45, 2.75) is 13.3 Å². The van der Waals surface area contributed by atoms with Crippen LogP contribution in [-0.2, 0) is 18.3 Å². The number of aromatic nitrogens is 1. The van der Waals surface area contributed by atoms with Crippen LogP contribution >= 0.6 is 11.6 Å². The summed E-state index contributed by atoms with van der Waals surface area (Å²) in [4.78, 5) is 10.8. The first-order valence-corrected chi connectivity index (χ1v) is 5.34. The third-order valence-corrected chi connectivity index (χ3v) is 3.19. The second-order valence-corrected chi connectivity index (χ2v) is 4.24. The molecule has 0 saturated heterocycles. The molecule has 16 heavy (non-hydrogen) atoms. The molecule has 2 aromatic rings. The Bertz CT molecular complexity index is 572. The van der Waals surface area contributed by atoms with Crippen molar-refractivity contribution in [3.05, 3.63) is 34.5 Å². The zero-order valence-corrected chi connectivity index (χ0v) is 9.88. The van der Waals surface area contributed by atoms with Gasteiger partial charge in [-0.15, -0.1) is 0 Å². The number of hydrogen-bond acceptors (Lipinski definition) is 1. The van der Waals surface area contributed by atoms with Crippen molar-refractivity contribution in [3.8, 4) is 0 Å². The van der Waals surface area contributed by atoms with Gasteiger partial charge in [-0.25, -0.2) is 0 Å². The van der Waals surface area contributed by atoms with Gasteiger partial charge < -0.3 is 9.67 Å². The predicted octanol–water partition coefficient (Wildman–Crippen LogP) is 2.77. The van der Waals surface area contributed by atoms with E-state index in [2.05, 4.69) is 0 Å². The fourth-order valence-electron chi connectivity index (χ4n) is 2.10. The highest BCUT2D eigenvalue weighted by atomic mass is 35.5. The molecule has 0 fully saturated rings. The van der Waals surface area contributed by atoms with Crippen molar-refractivity contribution in [2.24, 2.45) is 7.05 Å². The number of carboxylic acid groups (broad SMARTS) is 1. The van der Waals surface area contributed by atoms with E-state index in [1.165, 1.54) is 0 Å². The lowest BCUT2D eigenvalue weighted by Gasteiger charge is -2.03. The maximum absolute atomic E-state index is 10.8. The van der Waals surface area contributed by atoms with Gasteiger partial charge in [0.1, 0.15) is 0 Å². The second-order valence-electron chi connectivity index (χ2n) is 3.84. The van der Waals surface area contributed by atoms with Crippen LogP contribution in [0.2, 0.25) is 5.02 Å². The highest BCUT2D eigenvalue weighted by Gasteiger charge is 2.15. The molecular formula is C12H12ClNO2. The molecule has 1 aromatic carbocycles. The highest BCUT2D eigenvalue weighted by Crippen LogP contribution is 2.30. The summed E-state index contributed by atoms with van der Waals surface area (Å²) in [5.74, 6) is -0.829. The van der Waals surface area contributed by atoms with Gasteiger partial charge in [0.2, 0.25) is 0 Å². The van der Waals surface area contributed by atoms with Gasteiger partial charge in [0.25, 0.3) is 0 Å². The number of nitrogens with zero attached hydrogens (tertiary/aromatic N) is 1. The summed E-state index contributed by atoms with van der Waals surface area (Å²) in [6, 6.07) is 5.65. The molecule has 0 atom stereocenters. The number of hydrogen-bond donors (Lipinski definition) is 1. The molecule has 3 nitrogen and oxygen atoms in total. The smallest absolute Gasteiger partial charge is 0.309 e. The molecule has 0 bridgehead atoms. The van der Waals surface area contributed by atoms with Gasteiger partial charge in [0.05, 0.1) is 17.0 Å². The molecule has 0 amide bonds. The second kappa shape index (κ2) is 3.83. The van der Waals surface area contributed by atoms with Gasteiger partial charge in [-0.1, -0.05) is 23.7 Å². The van der Waals surface area contributed by atoms with Gasteiger partial charge in [0, 0.05) is 18.1 Å². The van der Waals surface area contributed by atoms with E-state index in [4.69, 9.17) is 16.7 Å². The van der Waals surface area contributed by atoms with Crippen LogP contribution in [0.1, 0.15) is 11.3 Å². The van der Waals surface area contributed by atoms with Crippen molar-refractivity contribution >= 4 is 28.5 Å². The molecule has 1 aromatic heterocycles. The summed E-state index contributed by atoms with van der Waals surface area (Å²) in [5, 5.41) is 10.5. The van der Waals surface area contributed by atoms with Crippen molar-refractivity contribution in [2.75, 3.05) is 0 Å². The molecule has 1 heterocycles. The van der Waals surface area contributed by atoms with Crippen LogP contribution in [0.15, 0.2) is 18.2 Å². The predicted molar refractivity (Wildman–Crippen MR) is 64.0 cm³/mol. The minimum absolute atomic E-state index is 0.0212. The normalized spacial score (nSPS) is 10.9. The standard InChI is InChI=1S/C12H12ClNO2/c1-7-8-4-3-5-9(13)12(8)14(2)10(7)6-11(15)16/h3-5H,6H2,1-2H3,(H,15,16). The fourth-order valence-corrected chi connectivity index (χ4v) is 2.40. The number of aliphatic carboxylic acids is 1. The number of para-hydroxylation sites is 1. The monoisotopic (exact) mass is 237 g/mol. The Morgan fingerprint density at radius 1 is 1.50 bits per heavy atom. The molecule has 1 N–H and O–H groups in total. The summed E-state index contributed by atoms with van der Waals surface area (Å²) in [7, 11) is 1.85. The van der Waals surface area contributed by atoms with Crippen LogP contribution < -0.4 is 0 Å². The quantitative estimate of drug-likeness (QED) is 0.873. The van der Waals surface area contributed by atoms with E-state index in [0.29, 0.717) is 5.02 Å². The molecule has 0 radical (unpaired) electrons. The van der Waals surface area contributed by atoms with Crippen LogP contribution in [0.4, 0.5) is 0 Å².